The van der Waals surface area contributed by atoms with Crippen LogP contribution in [0.3, 0.4) is 0 Å². The Labute approximate surface area is 130 Å². The Kier molecular flexibility index (Phi) is 4.80. The highest BCUT2D eigenvalue weighted by atomic mass is 79.9. The van der Waals surface area contributed by atoms with Crippen LogP contribution in [-0.4, -0.2) is 17.6 Å². The van der Waals surface area contributed by atoms with E-state index in [0.717, 1.165) is 5.69 Å². The number of halogens is 2. The first-order valence-electron chi connectivity index (χ1n) is 6.38. The molecule has 3 N–H and O–H groups in total. The Hall–Kier alpha value is -2.08. The van der Waals surface area contributed by atoms with Gasteiger partial charge in [-0.15, -0.1) is 0 Å². The summed E-state index contributed by atoms with van der Waals surface area (Å²) < 4.78 is 14.6. The molecule has 0 heterocycles. The fraction of sp³-hybridized carbons (Fsp3) is 0.133. The van der Waals surface area contributed by atoms with Gasteiger partial charge in [-0.1, -0.05) is 17.3 Å². The molecule has 0 radical (unpaired) electrons. The van der Waals surface area contributed by atoms with Crippen LogP contribution in [0.5, 0.6) is 0 Å². The first-order valence-corrected chi connectivity index (χ1v) is 7.17. The second-order valence-corrected chi connectivity index (χ2v) is 5.20. The number of oxime groups is 1. The van der Waals surface area contributed by atoms with Gasteiger partial charge in [0.2, 0.25) is 0 Å². The van der Waals surface area contributed by atoms with Gasteiger partial charge in [0.15, 0.2) is 5.84 Å². The molecule has 0 unspecified atom stereocenters. The van der Waals surface area contributed by atoms with E-state index in [1.165, 1.54) is 6.07 Å². The maximum Gasteiger partial charge on any atom is 0.171 e. The van der Waals surface area contributed by atoms with Gasteiger partial charge in [0.05, 0.1) is 5.69 Å². The molecule has 2 aromatic carbocycles. The van der Waals surface area contributed by atoms with Gasteiger partial charge in [0.1, 0.15) is 5.82 Å². The Balaban J connectivity index is 2.45. The molecule has 0 aliphatic heterocycles. The van der Waals surface area contributed by atoms with Crippen molar-refractivity contribution in [3.8, 4) is 0 Å². The van der Waals surface area contributed by atoms with Gasteiger partial charge in [-0.05, 0) is 53.2 Å². The number of hydrogen-bond acceptors (Lipinski definition) is 3. The lowest BCUT2D eigenvalue weighted by Crippen LogP contribution is -2.18. The molecule has 0 aliphatic rings. The van der Waals surface area contributed by atoms with Gasteiger partial charge in [0, 0.05) is 22.3 Å². The number of nitrogens with zero attached hydrogens (tertiary/aromatic N) is 2. The van der Waals surface area contributed by atoms with Gasteiger partial charge in [-0.25, -0.2) is 4.39 Å². The number of benzene rings is 2. The number of nitrogens with two attached hydrogens (primary N) is 1. The summed E-state index contributed by atoms with van der Waals surface area (Å²) in [4.78, 5) is 1.84. The molecule has 0 atom stereocenters. The summed E-state index contributed by atoms with van der Waals surface area (Å²) in [5.74, 6) is -0.265. The van der Waals surface area contributed by atoms with Crippen LogP contribution in [0, 0.1) is 5.82 Å². The van der Waals surface area contributed by atoms with Crippen molar-refractivity contribution in [2.24, 2.45) is 10.9 Å². The zero-order valence-corrected chi connectivity index (χ0v) is 13.0. The lowest BCUT2D eigenvalue weighted by molar-refractivity contribution is 0.318. The van der Waals surface area contributed by atoms with Gasteiger partial charge < -0.3 is 15.8 Å². The van der Waals surface area contributed by atoms with E-state index in [-0.39, 0.29) is 11.7 Å². The van der Waals surface area contributed by atoms with E-state index in [1.807, 2.05) is 17.9 Å². The highest BCUT2D eigenvalue weighted by molar-refractivity contribution is 9.10. The third kappa shape index (κ3) is 3.16. The van der Waals surface area contributed by atoms with E-state index >= 15 is 0 Å². The third-order valence-corrected chi connectivity index (χ3v) is 3.76. The molecule has 4 nitrogen and oxygen atoms in total. The molecule has 2 rings (SSSR count). The van der Waals surface area contributed by atoms with Crippen molar-refractivity contribution in [2.45, 2.75) is 6.92 Å². The number of rotatable bonds is 4. The first kappa shape index (κ1) is 15.3. The van der Waals surface area contributed by atoms with E-state index < -0.39 is 0 Å². The maximum atomic E-state index is 13.9. The van der Waals surface area contributed by atoms with E-state index in [4.69, 9.17) is 10.9 Å². The fourth-order valence-electron chi connectivity index (χ4n) is 2.10. The molecule has 110 valence electrons. The SMILES string of the molecule is CCN(c1ccc(/C(N)=N/O)c(Br)c1)c1ccccc1F. The Morgan fingerprint density at radius 3 is 2.62 bits per heavy atom. The summed E-state index contributed by atoms with van der Waals surface area (Å²) in [6, 6.07) is 11.9. The predicted octanol–water partition coefficient (Wildman–Crippen LogP) is 3.84. The molecule has 6 heteroatoms. The van der Waals surface area contributed by atoms with E-state index in [2.05, 4.69) is 21.1 Å². The van der Waals surface area contributed by atoms with Crippen molar-refractivity contribution in [1.82, 2.24) is 0 Å². The normalized spacial score (nSPS) is 11.5. The van der Waals surface area contributed by atoms with Gasteiger partial charge in [-0.3, -0.25) is 0 Å². The summed E-state index contributed by atoms with van der Waals surface area (Å²) >= 11 is 3.38. The number of amidine groups is 1. The van der Waals surface area contributed by atoms with E-state index in [1.54, 1.807) is 30.3 Å². The Morgan fingerprint density at radius 1 is 1.33 bits per heavy atom. The Bertz CT molecular complexity index is 676. The van der Waals surface area contributed by atoms with Crippen molar-refractivity contribution >= 4 is 33.1 Å². The first-order chi connectivity index (χ1) is 10.1. The summed E-state index contributed by atoms with van der Waals surface area (Å²) in [6.45, 7) is 2.55. The highest BCUT2D eigenvalue weighted by Gasteiger charge is 2.14. The molecule has 0 saturated heterocycles. The van der Waals surface area contributed by atoms with Gasteiger partial charge in [-0.2, -0.15) is 0 Å². The molecule has 21 heavy (non-hydrogen) atoms. The van der Waals surface area contributed by atoms with Crippen LogP contribution in [0.2, 0.25) is 0 Å². The average molecular weight is 352 g/mol. The smallest absolute Gasteiger partial charge is 0.171 e. The average Bonchev–Trinajstić information content (AvgIpc) is 2.49. The van der Waals surface area contributed by atoms with Crippen LogP contribution in [-0.2, 0) is 0 Å². The zero-order valence-electron chi connectivity index (χ0n) is 11.4. The van der Waals surface area contributed by atoms with Gasteiger partial charge in [0.25, 0.3) is 0 Å². The number of anilines is 2. The molecule has 0 fully saturated rings. The molecular formula is C15H15BrFN3O. The van der Waals surface area contributed by atoms with Crippen molar-refractivity contribution in [3.05, 3.63) is 58.3 Å². The highest BCUT2D eigenvalue weighted by Crippen LogP contribution is 2.30. The molecule has 0 amide bonds. The fourth-order valence-corrected chi connectivity index (χ4v) is 2.67. The standard InChI is InChI=1S/C15H15BrFN3O/c1-2-20(14-6-4-3-5-13(14)17)10-7-8-11(12(16)9-10)15(18)19-21/h3-9,21H,2H2,1H3,(H2,18,19). The van der Waals surface area contributed by atoms with Crippen LogP contribution >= 0.6 is 15.9 Å². The Morgan fingerprint density at radius 2 is 2.05 bits per heavy atom. The van der Waals surface area contributed by atoms with Gasteiger partial charge >= 0.3 is 0 Å². The van der Waals surface area contributed by atoms with Crippen molar-refractivity contribution in [3.63, 3.8) is 0 Å². The summed E-state index contributed by atoms with van der Waals surface area (Å²) in [5, 5.41) is 11.7. The lowest BCUT2D eigenvalue weighted by Gasteiger charge is -2.24. The van der Waals surface area contributed by atoms with Crippen LogP contribution in [0.25, 0.3) is 0 Å². The molecule has 0 aliphatic carbocycles. The molecule has 0 spiro atoms. The molecule has 0 bridgehead atoms. The van der Waals surface area contributed by atoms with Crippen molar-refractivity contribution in [2.75, 3.05) is 11.4 Å². The van der Waals surface area contributed by atoms with Crippen molar-refractivity contribution < 1.29 is 9.60 Å². The van der Waals surface area contributed by atoms with E-state index in [0.29, 0.717) is 22.3 Å². The molecule has 0 aromatic heterocycles. The number of hydrogen-bond donors (Lipinski definition) is 2. The summed E-state index contributed by atoms with van der Waals surface area (Å²) in [5.41, 5.74) is 7.47. The predicted molar refractivity (Wildman–Crippen MR) is 85.7 cm³/mol. The van der Waals surface area contributed by atoms with Crippen LogP contribution in [0.1, 0.15) is 12.5 Å². The second-order valence-electron chi connectivity index (χ2n) is 4.35. The minimum absolute atomic E-state index is 0.0161. The van der Waals surface area contributed by atoms with E-state index in [9.17, 15) is 4.39 Å². The second kappa shape index (κ2) is 6.58. The van der Waals surface area contributed by atoms with Crippen LogP contribution in [0.15, 0.2) is 52.1 Å². The molecular weight excluding hydrogens is 337 g/mol. The number of para-hydroxylation sites is 1. The topological polar surface area (TPSA) is 61.8 Å². The quantitative estimate of drug-likeness (QED) is 0.380. The monoisotopic (exact) mass is 351 g/mol. The van der Waals surface area contributed by atoms with Crippen molar-refractivity contribution in [1.29, 1.82) is 0 Å². The lowest BCUT2D eigenvalue weighted by atomic mass is 10.1. The molecule has 2 aromatic rings. The van der Waals surface area contributed by atoms with Crippen LogP contribution < -0.4 is 10.6 Å². The minimum atomic E-state index is -0.281. The van der Waals surface area contributed by atoms with Crippen LogP contribution in [0.4, 0.5) is 15.8 Å². The molecule has 0 saturated carbocycles. The minimum Gasteiger partial charge on any atom is -0.409 e. The zero-order chi connectivity index (χ0) is 15.4. The summed E-state index contributed by atoms with van der Waals surface area (Å²) in [6.07, 6.45) is 0. The largest absolute Gasteiger partial charge is 0.409 e. The third-order valence-electron chi connectivity index (χ3n) is 3.11. The summed E-state index contributed by atoms with van der Waals surface area (Å²) in [7, 11) is 0. The maximum absolute atomic E-state index is 13.9.